The van der Waals surface area contributed by atoms with Gasteiger partial charge in [-0.1, -0.05) is 12.1 Å². The highest BCUT2D eigenvalue weighted by Gasteiger charge is 2.33. The Bertz CT molecular complexity index is 459. The Morgan fingerprint density at radius 1 is 1.11 bits per heavy atom. The van der Waals surface area contributed by atoms with E-state index in [1.807, 2.05) is 18.4 Å². The second-order valence-electron chi connectivity index (χ2n) is 4.26. The standard InChI is InChI=1S/C12H14BNO4S/c1-14-7-11(15)17-13(18-12(16)8-14)9-3-5-10(19-2)6-4-9/h3-6H,7-8H2,1-2H3. The number of rotatable bonds is 2. The lowest BCUT2D eigenvalue weighted by atomic mass is 9.78. The van der Waals surface area contributed by atoms with Crippen LogP contribution >= 0.6 is 11.8 Å². The summed E-state index contributed by atoms with van der Waals surface area (Å²) in [4.78, 5) is 25.8. The first-order valence-electron chi connectivity index (χ1n) is 5.80. The van der Waals surface area contributed by atoms with Gasteiger partial charge >= 0.3 is 19.1 Å². The van der Waals surface area contributed by atoms with E-state index in [4.69, 9.17) is 9.31 Å². The molecule has 5 nitrogen and oxygen atoms in total. The monoisotopic (exact) mass is 279 g/mol. The Labute approximate surface area is 116 Å². The Morgan fingerprint density at radius 3 is 2.11 bits per heavy atom. The van der Waals surface area contributed by atoms with Gasteiger partial charge in [-0.25, -0.2) is 0 Å². The fourth-order valence-corrected chi connectivity index (χ4v) is 2.14. The zero-order valence-electron chi connectivity index (χ0n) is 10.8. The summed E-state index contributed by atoms with van der Waals surface area (Å²) in [6.07, 6.45) is 1.97. The van der Waals surface area contributed by atoms with E-state index in [1.165, 1.54) is 0 Å². The van der Waals surface area contributed by atoms with E-state index in [-0.39, 0.29) is 13.1 Å². The van der Waals surface area contributed by atoms with Crippen molar-refractivity contribution in [2.45, 2.75) is 4.90 Å². The lowest BCUT2D eigenvalue weighted by Gasteiger charge is -2.22. The molecule has 1 heterocycles. The van der Waals surface area contributed by atoms with Gasteiger partial charge in [-0.05, 0) is 25.4 Å². The van der Waals surface area contributed by atoms with E-state index in [0.29, 0.717) is 5.46 Å². The number of hydrogen-bond donors (Lipinski definition) is 0. The van der Waals surface area contributed by atoms with Crippen LogP contribution in [-0.4, -0.2) is 50.3 Å². The summed E-state index contributed by atoms with van der Waals surface area (Å²) in [5, 5.41) is 0. The molecular formula is C12H14BNO4S. The minimum atomic E-state index is -0.954. The maximum atomic E-state index is 11.6. The molecule has 0 aromatic heterocycles. The van der Waals surface area contributed by atoms with Gasteiger partial charge in [0, 0.05) is 10.4 Å². The highest BCUT2D eigenvalue weighted by atomic mass is 32.2. The molecular weight excluding hydrogens is 265 g/mol. The largest absolute Gasteiger partial charge is 0.636 e. The molecule has 0 unspecified atom stereocenters. The Hall–Kier alpha value is -1.47. The zero-order valence-corrected chi connectivity index (χ0v) is 11.6. The Morgan fingerprint density at radius 2 is 1.63 bits per heavy atom. The molecule has 1 aromatic rings. The van der Waals surface area contributed by atoms with E-state index in [1.54, 1.807) is 35.8 Å². The summed E-state index contributed by atoms with van der Waals surface area (Å²) in [5.41, 5.74) is 0.657. The van der Waals surface area contributed by atoms with Crippen LogP contribution in [0.5, 0.6) is 0 Å². The molecule has 7 heteroatoms. The van der Waals surface area contributed by atoms with Crippen LogP contribution in [0.4, 0.5) is 0 Å². The quantitative estimate of drug-likeness (QED) is 0.567. The van der Waals surface area contributed by atoms with Crippen molar-refractivity contribution in [2.24, 2.45) is 0 Å². The van der Waals surface area contributed by atoms with Crippen LogP contribution in [0.3, 0.4) is 0 Å². The van der Waals surface area contributed by atoms with Gasteiger partial charge in [0.25, 0.3) is 0 Å². The molecule has 1 aromatic carbocycles. The van der Waals surface area contributed by atoms with Crippen molar-refractivity contribution in [3.8, 4) is 0 Å². The van der Waals surface area contributed by atoms with Crippen molar-refractivity contribution in [1.82, 2.24) is 4.90 Å². The molecule has 100 valence electrons. The van der Waals surface area contributed by atoms with Gasteiger partial charge < -0.3 is 9.31 Å². The second kappa shape index (κ2) is 6.12. The van der Waals surface area contributed by atoms with Crippen LogP contribution in [0, 0.1) is 0 Å². The van der Waals surface area contributed by atoms with Crippen molar-refractivity contribution in [3.63, 3.8) is 0 Å². The molecule has 1 aliphatic heterocycles. The normalized spacial score (nSPS) is 17.5. The first kappa shape index (κ1) is 14.0. The van der Waals surface area contributed by atoms with Crippen molar-refractivity contribution in [1.29, 1.82) is 0 Å². The lowest BCUT2D eigenvalue weighted by Crippen LogP contribution is -2.47. The molecule has 0 saturated carbocycles. The predicted octanol–water partition coefficient (Wildman–Crippen LogP) is 0.135. The number of benzene rings is 1. The molecule has 1 aliphatic rings. The fourth-order valence-electron chi connectivity index (χ4n) is 1.73. The third kappa shape index (κ3) is 3.75. The average molecular weight is 279 g/mol. The second-order valence-corrected chi connectivity index (χ2v) is 5.14. The van der Waals surface area contributed by atoms with Gasteiger partial charge in [0.2, 0.25) is 0 Å². The van der Waals surface area contributed by atoms with E-state index >= 15 is 0 Å². The van der Waals surface area contributed by atoms with Crippen molar-refractivity contribution in [3.05, 3.63) is 24.3 Å². The molecule has 19 heavy (non-hydrogen) atoms. The third-order valence-electron chi connectivity index (χ3n) is 2.66. The SMILES string of the molecule is CSc1ccc(B2OC(=O)CN(C)CC(=O)O2)cc1. The number of hydrogen-bond acceptors (Lipinski definition) is 6. The molecule has 0 bridgehead atoms. The summed E-state index contributed by atoms with van der Waals surface area (Å²) in [5.74, 6) is -0.817. The van der Waals surface area contributed by atoms with Crippen LogP contribution in [-0.2, 0) is 18.9 Å². The highest BCUT2D eigenvalue weighted by Crippen LogP contribution is 2.12. The van der Waals surface area contributed by atoms with E-state index in [2.05, 4.69) is 0 Å². The van der Waals surface area contributed by atoms with Crippen LogP contribution in [0.2, 0.25) is 0 Å². The average Bonchev–Trinajstić information content (AvgIpc) is 2.36. The molecule has 0 amide bonds. The summed E-state index contributed by atoms with van der Waals surface area (Å²) < 4.78 is 10.3. The minimum Gasteiger partial charge on any atom is -0.494 e. The number of thioether (sulfide) groups is 1. The third-order valence-corrected chi connectivity index (χ3v) is 3.41. The molecule has 0 radical (unpaired) electrons. The first-order chi connectivity index (χ1) is 9.08. The highest BCUT2D eigenvalue weighted by molar-refractivity contribution is 7.98. The summed E-state index contributed by atoms with van der Waals surface area (Å²) >= 11 is 1.61. The molecule has 1 fully saturated rings. The number of likely N-dealkylation sites (N-methyl/N-ethyl adjacent to an activating group) is 1. The van der Waals surface area contributed by atoms with Gasteiger partial charge in [0.15, 0.2) is 0 Å². The van der Waals surface area contributed by atoms with Gasteiger partial charge in [0.05, 0.1) is 13.1 Å². The van der Waals surface area contributed by atoms with Gasteiger partial charge in [-0.15, -0.1) is 11.8 Å². The summed E-state index contributed by atoms with van der Waals surface area (Å²) in [6.45, 7) is 0.156. The first-order valence-corrected chi connectivity index (χ1v) is 7.02. The molecule has 0 atom stereocenters. The van der Waals surface area contributed by atoms with Crippen LogP contribution in [0.1, 0.15) is 0 Å². The summed E-state index contributed by atoms with van der Waals surface area (Å²) in [6, 6.07) is 7.38. The van der Waals surface area contributed by atoms with Crippen LogP contribution < -0.4 is 5.46 Å². The van der Waals surface area contributed by atoms with E-state index < -0.39 is 19.1 Å². The van der Waals surface area contributed by atoms with E-state index in [0.717, 1.165) is 4.90 Å². The van der Waals surface area contributed by atoms with Crippen molar-refractivity contribution in [2.75, 3.05) is 26.4 Å². The van der Waals surface area contributed by atoms with Gasteiger partial charge in [-0.2, -0.15) is 0 Å². The molecule has 0 N–H and O–H groups in total. The van der Waals surface area contributed by atoms with Crippen molar-refractivity contribution < 1.29 is 18.9 Å². The van der Waals surface area contributed by atoms with Crippen LogP contribution in [0.25, 0.3) is 0 Å². The van der Waals surface area contributed by atoms with Crippen molar-refractivity contribution >= 4 is 36.3 Å². The molecule has 0 spiro atoms. The Balaban J connectivity index is 2.16. The van der Waals surface area contributed by atoms with Crippen LogP contribution in [0.15, 0.2) is 29.2 Å². The van der Waals surface area contributed by atoms with E-state index in [9.17, 15) is 9.59 Å². The summed E-state index contributed by atoms with van der Waals surface area (Å²) in [7, 11) is 0.709. The minimum absolute atomic E-state index is 0.0779. The zero-order chi connectivity index (χ0) is 13.8. The maximum absolute atomic E-state index is 11.6. The topological polar surface area (TPSA) is 55.8 Å². The number of carbonyl (C=O) groups excluding carboxylic acids is 2. The molecule has 0 aliphatic carbocycles. The fraction of sp³-hybridized carbons (Fsp3) is 0.333. The molecule has 1 saturated heterocycles. The predicted molar refractivity (Wildman–Crippen MR) is 73.3 cm³/mol. The molecule has 2 rings (SSSR count). The number of nitrogens with zero attached hydrogens (tertiary/aromatic N) is 1. The number of carbonyl (C=O) groups is 2. The van der Waals surface area contributed by atoms with Gasteiger partial charge in [0.1, 0.15) is 0 Å². The Kier molecular flexibility index (Phi) is 4.49. The smallest absolute Gasteiger partial charge is 0.494 e. The lowest BCUT2D eigenvalue weighted by molar-refractivity contribution is -0.145. The van der Waals surface area contributed by atoms with Gasteiger partial charge in [-0.3, -0.25) is 14.5 Å². The maximum Gasteiger partial charge on any atom is 0.636 e.